The van der Waals surface area contributed by atoms with Crippen molar-refractivity contribution in [3.05, 3.63) is 35.9 Å². The van der Waals surface area contributed by atoms with Crippen molar-refractivity contribution in [2.75, 3.05) is 0 Å². The Morgan fingerprint density at radius 1 is 0.552 bits per heavy atom. The van der Waals surface area contributed by atoms with Crippen molar-refractivity contribution in [1.29, 1.82) is 0 Å². The van der Waals surface area contributed by atoms with E-state index in [9.17, 15) is 24.0 Å². The fourth-order valence-electron chi connectivity index (χ4n) is 1.81. The molecule has 0 bridgehead atoms. The Morgan fingerprint density at radius 3 is 1.24 bits per heavy atom. The Labute approximate surface area is 167 Å². The summed E-state index contributed by atoms with van der Waals surface area (Å²) in [6.07, 6.45) is 2.59. The van der Waals surface area contributed by atoms with Crippen molar-refractivity contribution in [2.24, 2.45) is 0 Å². The Hall–Kier alpha value is -3.43. The molecular weight excluding hydrogens is 388 g/mol. The van der Waals surface area contributed by atoms with E-state index in [-0.39, 0.29) is 19.3 Å². The Bertz CT molecular complexity index is 610. The van der Waals surface area contributed by atoms with E-state index in [4.69, 9.17) is 25.5 Å². The minimum Gasteiger partial charge on any atom is -0.481 e. The third-order valence-electron chi connectivity index (χ3n) is 3.03. The second-order valence-electron chi connectivity index (χ2n) is 5.72. The van der Waals surface area contributed by atoms with Gasteiger partial charge in [-0.3, -0.25) is 24.0 Å². The lowest BCUT2D eigenvalue weighted by molar-refractivity contribution is -0.147. The first-order valence-corrected chi connectivity index (χ1v) is 8.67. The standard InChI is InChI=1S/C8H14O4.C8H8O2.C3H4O4/c9-7(10)5-3-1-2-4-6-8(11)12;9-8(10)6-7-4-2-1-3-5-7;4-2(5)1-3(6)7/h1-6H2,(H,9,10)(H,11,12);1-5H,6H2,(H,9,10);1H2,(H,4,5)(H,6,7). The fourth-order valence-corrected chi connectivity index (χ4v) is 1.81. The number of carboxylic acids is 5. The van der Waals surface area contributed by atoms with E-state index < -0.39 is 36.3 Å². The zero-order valence-electron chi connectivity index (χ0n) is 15.8. The molecule has 10 nitrogen and oxygen atoms in total. The zero-order valence-corrected chi connectivity index (χ0v) is 15.8. The lowest BCUT2D eigenvalue weighted by Crippen LogP contribution is -2.03. The van der Waals surface area contributed by atoms with Gasteiger partial charge in [-0.2, -0.15) is 0 Å². The maximum atomic E-state index is 10.2. The summed E-state index contributed by atoms with van der Waals surface area (Å²) in [7, 11) is 0. The molecule has 0 aliphatic heterocycles. The van der Waals surface area contributed by atoms with Gasteiger partial charge in [-0.15, -0.1) is 0 Å². The first-order chi connectivity index (χ1) is 13.5. The molecule has 0 fully saturated rings. The zero-order chi connectivity index (χ0) is 22.7. The fraction of sp³-hybridized carbons (Fsp3) is 0.421. The van der Waals surface area contributed by atoms with Gasteiger partial charge >= 0.3 is 29.8 Å². The van der Waals surface area contributed by atoms with E-state index in [0.29, 0.717) is 12.8 Å². The highest BCUT2D eigenvalue weighted by Crippen LogP contribution is 2.05. The first kappa shape index (κ1) is 27.8. The van der Waals surface area contributed by atoms with Gasteiger partial charge in [0.1, 0.15) is 6.42 Å². The van der Waals surface area contributed by atoms with Crippen LogP contribution in [0, 0.1) is 0 Å². The monoisotopic (exact) mass is 414 g/mol. The van der Waals surface area contributed by atoms with E-state index >= 15 is 0 Å². The smallest absolute Gasteiger partial charge is 0.314 e. The van der Waals surface area contributed by atoms with Gasteiger partial charge in [0.2, 0.25) is 0 Å². The summed E-state index contributed by atoms with van der Waals surface area (Å²) in [4.78, 5) is 49.1. The molecule has 0 unspecified atom stereocenters. The quantitative estimate of drug-likeness (QED) is 0.266. The summed E-state index contributed by atoms with van der Waals surface area (Å²) in [6.45, 7) is 0. The second-order valence-corrected chi connectivity index (χ2v) is 5.72. The Kier molecular flexibility index (Phi) is 17.2. The van der Waals surface area contributed by atoms with Crippen LogP contribution in [0.25, 0.3) is 0 Å². The average molecular weight is 414 g/mol. The summed E-state index contributed by atoms with van der Waals surface area (Å²) < 4.78 is 0. The molecule has 0 heterocycles. The van der Waals surface area contributed by atoms with Gasteiger partial charge in [-0.25, -0.2) is 0 Å². The lowest BCUT2D eigenvalue weighted by Gasteiger charge is -1.96. The van der Waals surface area contributed by atoms with Gasteiger partial charge in [-0.05, 0) is 18.4 Å². The van der Waals surface area contributed by atoms with Crippen LogP contribution in [0.1, 0.15) is 50.5 Å². The van der Waals surface area contributed by atoms with Crippen molar-refractivity contribution in [3.8, 4) is 0 Å². The van der Waals surface area contributed by atoms with Crippen LogP contribution in [0.5, 0.6) is 0 Å². The van der Waals surface area contributed by atoms with E-state index in [1.165, 1.54) is 0 Å². The summed E-state index contributed by atoms with van der Waals surface area (Å²) >= 11 is 0. The molecule has 10 heteroatoms. The number of hydrogen-bond donors (Lipinski definition) is 5. The molecule has 1 aromatic rings. The van der Waals surface area contributed by atoms with Crippen LogP contribution in [0.4, 0.5) is 0 Å². The van der Waals surface area contributed by atoms with Gasteiger partial charge < -0.3 is 25.5 Å². The Morgan fingerprint density at radius 2 is 0.966 bits per heavy atom. The number of benzene rings is 1. The molecule has 0 atom stereocenters. The maximum absolute atomic E-state index is 10.2. The maximum Gasteiger partial charge on any atom is 0.314 e. The van der Waals surface area contributed by atoms with Gasteiger partial charge in [0.15, 0.2) is 0 Å². The Balaban J connectivity index is 0. The molecule has 1 aromatic carbocycles. The number of hydrogen-bond acceptors (Lipinski definition) is 5. The molecule has 0 amide bonds. The van der Waals surface area contributed by atoms with Crippen LogP contribution in [0.2, 0.25) is 0 Å². The molecule has 0 saturated heterocycles. The summed E-state index contributed by atoms with van der Waals surface area (Å²) in [5.74, 6) is -4.98. The molecule has 162 valence electrons. The van der Waals surface area contributed by atoms with E-state index in [2.05, 4.69) is 0 Å². The van der Waals surface area contributed by atoms with Crippen LogP contribution in [-0.4, -0.2) is 55.4 Å². The van der Waals surface area contributed by atoms with Crippen LogP contribution in [0.3, 0.4) is 0 Å². The van der Waals surface area contributed by atoms with Crippen molar-refractivity contribution < 1.29 is 49.5 Å². The second kappa shape index (κ2) is 18.0. The largest absolute Gasteiger partial charge is 0.481 e. The van der Waals surface area contributed by atoms with Crippen molar-refractivity contribution in [2.45, 2.75) is 51.4 Å². The summed E-state index contributed by atoms with van der Waals surface area (Å²) in [6, 6.07) is 9.13. The topological polar surface area (TPSA) is 186 Å². The van der Waals surface area contributed by atoms with E-state index in [1.54, 1.807) is 12.1 Å². The molecule has 0 saturated carbocycles. The van der Waals surface area contributed by atoms with Crippen molar-refractivity contribution in [3.63, 3.8) is 0 Å². The van der Waals surface area contributed by atoms with E-state index in [1.807, 2.05) is 18.2 Å². The number of carbonyl (C=O) groups is 5. The molecule has 0 spiro atoms. The van der Waals surface area contributed by atoms with Crippen molar-refractivity contribution in [1.82, 2.24) is 0 Å². The third-order valence-corrected chi connectivity index (χ3v) is 3.03. The number of carboxylic acid groups (broad SMARTS) is 5. The highest BCUT2D eigenvalue weighted by atomic mass is 16.4. The third kappa shape index (κ3) is 26.9. The van der Waals surface area contributed by atoms with Gasteiger partial charge in [-0.1, -0.05) is 43.2 Å². The lowest BCUT2D eigenvalue weighted by atomic mass is 10.1. The predicted octanol–water partition coefficient (Wildman–Crippen LogP) is 2.36. The van der Waals surface area contributed by atoms with Gasteiger partial charge in [0.05, 0.1) is 6.42 Å². The predicted molar refractivity (Wildman–Crippen MR) is 101 cm³/mol. The first-order valence-electron chi connectivity index (χ1n) is 8.67. The average Bonchev–Trinajstić information content (AvgIpc) is 2.58. The molecule has 5 N–H and O–H groups in total. The molecule has 29 heavy (non-hydrogen) atoms. The molecule has 0 aromatic heterocycles. The molecule has 1 rings (SSSR count). The van der Waals surface area contributed by atoms with Crippen LogP contribution >= 0.6 is 0 Å². The number of unbranched alkanes of at least 4 members (excludes halogenated alkanes) is 3. The molecule has 0 aliphatic rings. The summed E-state index contributed by atoms with van der Waals surface area (Å²) in [5, 5.41) is 40.3. The summed E-state index contributed by atoms with van der Waals surface area (Å²) in [5.41, 5.74) is 0.843. The van der Waals surface area contributed by atoms with E-state index in [0.717, 1.165) is 18.4 Å². The number of aliphatic carboxylic acids is 5. The molecule has 0 radical (unpaired) electrons. The highest BCUT2D eigenvalue weighted by molar-refractivity contribution is 5.88. The van der Waals surface area contributed by atoms with Crippen LogP contribution in [0.15, 0.2) is 30.3 Å². The highest BCUT2D eigenvalue weighted by Gasteiger charge is 2.01. The normalized spacial score (nSPS) is 9.10. The minimum atomic E-state index is -1.31. The molecular formula is C19H26O10. The number of rotatable bonds is 11. The van der Waals surface area contributed by atoms with Crippen LogP contribution in [-0.2, 0) is 30.4 Å². The van der Waals surface area contributed by atoms with Gasteiger partial charge in [0, 0.05) is 12.8 Å². The van der Waals surface area contributed by atoms with Crippen molar-refractivity contribution >= 4 is 29.8 Å². The van der Waals surface area contributed by atoms with Gasteiger partial charge in [0.25, 0.3) is 0 Å². The minimum absolute atomic E-state index is 0.112. The SMILES string of the molecule is O=C(O)CC(=O)O.O=C(O)CCCCCCC(=O)O.O=C(O)Cc1ccccc1. The van der Waals surface area contributed by atoms with Crippen LogP contribution < -0.4 is 0 Å². The molecule has 0 aliphatic carbocycles.